The first-order valence-electron chi connectivity index (χ1n) is 12.8. The Morgan fingerprint density at radius 2 is 1.82 bits per heavy atom. The first-order chi connectivity index (χ1) is 20.9. The summed E-state index contributed by atoms with van der Waals surface area (Å²) in [5, 5.41) is 17.2. The van der Waals surface area contributed by atoms with Crippen molar-refractivity contribution in [3.8, 4) is 5.82 Å². The molecule has 0 unspecified atom stereocenters. The van der Waals surface area contributed by atoms with Crippen LogP contribution in [0.3, 0.4) is 0 Å². The lowest BCUT2D eigenvalue weighted by molar-refractivity contribution is -0.145. The molecule has 5 aromatic rings. The van der Waals surface area contributed by atoms with Gasteiger partial charge in [0.1, 0.15) is 18.1 Å². The lowest BCUT2D eigenvalue weighted by atomic mass is 9.95. The molecule has 3 heterocycles. The second kappa shape index (κ2) is 12.5. The van der Waals surface area contributed by atoms with Gasteiger partial charge in [0.25, 0.3) is 11.7 Å². The highest BCUT2D eigenvalue weighted by atomic mass is 35.5. The minimum atomic E-state index is -4.79. The highest BCUT2D eigenvalue weighted by Gasteiger charge is 2.37. The maximum atomic E-state index is 13.8. The van der Waals surface area contributed by atoms with Gasteiger partial charge in [0.15, 0.2) is 11.6 Å². The predicted molar refractivity (Wildman–Crippen MR) is 150 cm³/mol. The molecule has 226 valence electrons. The molecule has 0 atom stereocenters. The zero-order valence-electron chi connectivity index (χ0n) is 22.6. The first kappa shape index (κ1) is 30.8. The van der Waals surface area contributed by atoms with Crippen LogP contribution in [0.15, 0.2) is 60.8 Å². The summed E-state index contributed by atoms with van der Waals surface area (Å²) >= 11 is 12.6. The lowest BCUT2D eigenvalue weighted by Crippen LogP contribution is -2.25. The van der Waals surface area contributed by atoms with E-state index in [2.05, 4.69) is 30.8 Å². The van der Waals surface area contributed by atoms with Crippen LogP contribution < -0.4 is 5.32 Å². The number of pyridine rings is 1. The van der Waals surface area contributed by atoms with E-state index in [1.54, 1.807) is 25.1 Å². The third kappa shape index (κ3) is 6.92. The van der Waals surface area contributed by atoms with Crippen molar-refractivity contribution in [3.05, 3.63) is 116 Å². The Bertz CT molecular complexity index is 1870. The molecule has 0 aliphatic rings. The quantitative estimate of drug-likeness (QED) is 0.167. The Morgan fingerprint density at radius 1 is 1.02 bits per heavy atom. The summed E-state index contributed by atoms with van der Waals surface area (Å²) in [6.07, 6.45) is -3.66. The van der Waals surface area contributed by atoms with Crippen molar-refractivity contribution in [1.82, 2.24) is 40.3 Å². The zero-order chi connectivity index (χ0) is 31.6. The number of hydrogen-bond acceptors (Lipinski definition) is 7. The number of rotatable bonds is 9. The molecule has 0 aliphatic heterocycles. The molecule has 0 spiro atoms. The number of carbonyl (C=O) groups is 2. The van der Waals surface area contributed by atoms with Gasteiger partial charge >= 0.3 is 6.18 Å². The SMILES string of the molecule is Cc1cc(Cl)cc(C(=O)NCc2cccc(F)c2)c1CC(=O)c1cc(Cn2nnc(C(F)(F)F)n2)nn1-c1ncccc1Cl. The topological polar surface area (TPSA) is 120 Å². The molecule has 0 aliphatic carbocycles. The molecule has 5 rings (SSSR count). The molecular weight excluding hydrogens is 627 g/mol. The van der Waals surface area contributed by atoms with Crippen LogP contribution in [-0.4, -0.2) is 46.7 Å². The van der Waals surface area contributed by atoms with E-state index in [-0.39, 0.29) is 52.3 Å². The van der Waals surface area contributed by atoms with Gasteiger partial charge in [-0.1, -0.05) is 35.3 Å². The highest BCUT2D eigenvalue weighted by Crippen LogP contribution is 2.27. The number of ketones is 1. The maximum absolute atomic E-state index is 13.8. The number of alkyl halides is 3. The summed E-state index contributed by atoms with van der Waals surface area (Å²) in [5.74, 6) is -2.85. The Morgan fingerprint density at radius 3 is 2.52 bits per heavy atom. The van der Waals surface area contributed by atoms with Gasteiger partial charge in [-0.2, -0.15) is 23.1 Å². The molecule has 1 N–H and O–H groups in total. The predicted octanol–water partition coefficient (Wildman–Crippen LogP) is 5.43. The third-order valence-electron chi connectivity index (χ3n) is 6.36. The number of benzene rings is 2. The summed E-state index contributed by atoms with van der Waals surface area (Å²) in [7, 11) is 0. The summed E-state index contributed by atoms with van der Waals surface area (Å²) < 4.78 is 53.7. The van der Waals surface area contributed by atoms with Crippen LogP contribution in [0, 0.1) is 12.7 Å². The molecule has 0 saturated heterocycles. The highest BCUT2D eigenvalue weighted by molar-refractivity contribution is 6.32. The number of amides is 1. The maximum Gasteiger partial charge on any atom is 0.455 e. The Kier molecular flexibility index (Phi) is 8.74. The van der Waals surface area contributed by atoms with Crippen molar-refractivity contribution in [1.29, 1.82) is 0 Å². The summed E-state index contributed by atoms with van der Waals surface area (Å²) in [6.45, 7) is 1.36. The molecular formula is C28H20Cl2F4N8O2. The van der Waals surface area contributed by atoms with Crippen molar-refractivity contribution in [2.75, 3.05) is 0 Å². The fourth-order valence-electron chi connectivity index (χ4n) is 4.36. The van der Waals surface area contributed by atoms with Gasteiger partial charge in [0.05, 0.1) is 10.7 Å². The molecule has 0 radical (unpaired) electrons. The second-order valence-corrected chi connectivity index (χ2v) is 10.4. The van der Waals surface area contributed by atoms with Gasteiger partial charge in [-0.3, -0.25) is 9.59 Å². The van der Waals surface area contributed by atoms with Gasteiger partial charge in [-0.25, -0.2) is 14.1 Å². The van der Waals surface area contributed by atoms with Gasteiger partial charge in [0.2, 0.25) is 0 Å². The lowest BCUT2D eigenvalue weighted by Gasteiger charge is -2.14. The van der Waals surface area contributed by atoms with Crippen LogP contribution in [0.1, 0.15) is 49.1 Å². The third-order valence-corrected chi connectivity index (χ3v) is 6.87. The van der Waals surface area contributed by atoms with Gasteiger partial charge < -0.3 is 5.32 Å². The van der Waals surface area contributed by atoms with Crippen molar-refractivity contribution < 1.29 is 27.2 Å². The second-order valence-electron chi connectivity index (χ2n) is 9.54. The van der Waals surface area contributed by atoms with Gasteiger partial charge in [-0.15, -0.1) is 10.2 Å². The monoisotopic (exact) mass is 646 g/mol. The number of halogens is 6. The number of aryl methyl sites for hydroxylation is 1. The van der Waals surface area contributed by atoms with E-state index in [0.29, 0.717) is 21.5 Å². The smallest absolute Gasteiger partial charge is 0.348 e. The molecule has 0 fully saturated rings. The number of aromatic nitrogens is 7. The summed E-state index contributed by atoms with van der Waals surface area (Å²) in [5.41, 5.74) is 1.68. The van der Waals surface area contributed by atoms with Gasteiger partial charge in [0, 0.05) is 29.7 Å². The van der Waals surface area contributed by atoms with E-state index in [1.165, 1.54) is 42.6 Å². The van der Waals surface area contributed by atoms with Crippen molar-refractivity contribution in [3.63, 3.8) is 0 Å². The Labute approximate surface area is 256 Å². The van der Waals surface area contributed by atoms with Crippen molar-refractivity contribution in [2.45, 2.75) is 32.6 Å². The summed E-state index contributed by atoms with van der Waals surface area (Å²) in [4.78, 5) is 31.9. The Hall–Kier alpha value is -4.69. The molecule has 16 heteroatoms. The van der Waals surface area contributed by atoms with E-state index in [4.69, 9.17) is 23.2 Å². The van der Waals surface area contributed by atoms with E-state index >= 15 is 0 Å². The van der Waals surface area contributed by atoms with Crippen LogP contribution in [0.5, 0.6) is 0 Å². The molecule has 2 aromatic carbocycles. The van der Waals surface area contributed by atoms with Gasteiger partial charge in [-0.05, 0) is 71.3 Å². The van der Waals surface area contributed by atoms with E-state index in [9.17, 15) is 27.2 Å². The number of carbonyl (C=O) groups excluding carboxylic acids is 2. The van der Waals surface area contributed by atoms with Crippen LogP contribution in [0.4, 0.5) is 17.6 Å². The number of tetrazole rings is 1. The number of hydrogen-bond donors (Lipinski definition) is 1. The minimum absolute atomic E-state index is 0.0165. The van der Waals surface area contributed by atoms with Crippen molar-refractivity contribution >= 4 is 34.9 Å². The number of nitrogens with zero attached hydrogens (tertiary/aromatic N) is 7. The van der Waals surface area contributed by atoms with E-state index in [1.807, 2.05) is 0 Å². The largest absolute Gasteiger partial charge is 0.455 e. The van der Waals surface area contributed by atoms with E-state index < -0.39 is 29.5 Å². The van der Waals surface area contributed by atoms with E-state index in [0.717, 1.165) is 4.68 Å². The molecule has 0 bridgehead atoms. The standard InChI is InChI=1S/C28H20Cl2F4N8O2/c1-15-8-17(29)10-21(26(44)36-13-16-4-2-5-18(31)9-16)20(15)12-24(43)23-11-19(14-41-39-27(37-40-41)28(32,33)34)38-42(23)25-22(30)6-3-7-35-25/h2-11H,12-14H2,1H3,(H,36,44). The fraction of sp³-hybridized carbons (Fsp3) is 0.179. The Balaban J connectivity index is 1.47. The molecule has 1 amide bonds. The minimum Gasteiger partial charge on any atom is -0.348 e. The molecule has 3 aromatic heterocycles. The fourth-order valence-corrected chi connectivity index (χ4v) is 4.83. The van der Waals surface area contributed by atoms with Crippen LogP contribution in [0.25, 0.3) is 5.82 Å². The normalized spacial score (nSPS) is 11.5. The van der Waals surface area contributed by atoms with Crippen LogP contribution in [0.2, 0.25) is 10.0 Å². The molecule has 10 nitrogen and oxygen atoms in total. The zero-order valence-corrected chi connectivity index (χ0v) is 24.1. The summed E-state index contributed by atoms with van der Waals surface area (Å²) in [6, 6.07) is 13.2. The van der Waals surface area contributed by atoms with Crippen LogP contribution >= 0.6 is 23.2 Å². The van der Waals surface area contributed by atoms with Crippen molar-refractivity contribution in [2.24, 2.45) is 0 Å². The average molecular weight is 647 g/mol. The van der Waals surface area contributed by atoms with Crippen LogP contribution in [-0.2, 0) is 25.7 Å². The number of nitrogens with one attached hydrogen (secondary N) is 1. The average Bonchev–Trinajstić information content (AvgIpc) is 3.61. The first-order valence-corrected chi connectivity index (χ1v) is 13.5. The molecule has 0 saturated carbocycles. The molecule has 44 heavy (non-hydrogen) atoms. The number of Topliss-reactive ketones (excluding diaryl/α,β-unsaturated/α-hetero) is 1.